The standard InChI is InChI=1S/C29H47N5O2/c1-5-6-13-34-27(35)26(20-23(2)3)30-28(36)29(34)11-14-32(15-12-29)21-24-7-9-25(10-8-24)22-33-18-16-31(4)17-19-33/h7-10,23,26H,5-6,11-22H2,1-4H3,(H,30,36). The molecule has 3 fully saturated rings. The molecule has 2 amide bonds. The number of nitrogens with one attached hydrogen (secondary N) is 1. The molecule has 3 aliphatic heterocycles. The number of piperazine rings is 2. The minimum absolute atomic E-state index is 0.0664. The fourth-order valence-electron chi connectivity index (χ4n) is 6.00. The van der Waals surface area contributed by atoms with Crippen LogP contribution < -0.4 is 5.32 Å². The molecule has 0 radical (unpaired) electrons. The molecule has 1 N–H and O–H groups in total. The maximum Gasteiger partial charge on any atom is 0.246 e. The Bertz CT molecular complexity index is 870. The summed E-state index contributed by atoms with van der Waals surface area (Å²) in [6.45, 7) is 15.2. The average molecular weight is 498 g/mol. The van der Waals surface area contributed by atoms with E-state index in [9.17, 15) is 9.59 Å². The normalized spacial score (nSPS) is 24.0. The van der Waals surface area contributed by atoms with Crippen molar-refractivity contribution < 1.29 is 9.59 Å². The number of carbonyl (C=O) groups excluding carboxylic acids is 2. The topological polar surface area (TPSA) is 59.1 Å². The van der Waals surface area contributed by atoms with Gasteiger partial charge in [-0.25, -0.2) is 0 Å². The van der Waals surface area contributed by atoms with E-state index >= 15 is 0 Å². The van der Waals surface area contributed by atoms with Crippen LogP contribution >= 0.6 is 0 Å². The lowest BCUT2D eigenvalue weighted by molar-refractivity contribution is -0.161. The SMILES string of the molecule is CCCCN1C(=O)C(CC(C)C)NC(=O)C12CCN(Cc1ccc(CN3CCN(C)CC3)cc1)CC2. The molecular formula is C29H47N5O2. The molecule has 1 aromatic carbocycles. The Morgan fingerprint density at radius 1 is 0.917 bits per heavy atom. The molecule has 1 atom stereocenters. The number of nitrogens with zero attached hydrogens (tertiary/aromatic N) is 4. The number of amides is 2. The summed E-state index contributed by atoms with van der Waals surface area (Å²) in [5, 5.41) is 3.12. The van der Waals surface area contributed by atoms with E-state index in [1.54, 1.807) is 0 Å². The summed E-state index contributed by atoms with van der Waals surface area (Å²) in [7, 11) is 2.19. The first-order chi connectivity index (χ1) is 17.3. The van der Waals surface area contributed by atoms with E-state index in [1.807, 2.05) is 4.90 Å². The van der Waals surface area contributed by atoms with Crippen LogP contribution in [0.3, 0.4) is 0 Å². The Balaban J connectivity index is 1.34. The first kappa shape index (κ1) is 27.1. The van der Waals surface area contributed by atoms with Gasteiger partial charge in [-0.2, -0.15) is 0 Å². The third-order valence-electron chi connectivity index (χ3n) is 8.37. The van der Waals surface area contributed by atoms with Crippen molar-refractivity contribution in [3.05, 3.63) is 35.4 Å². The summed E-state index contributed by atoms with van der Waals surface area (Å²) in [6.07, 6.45) is 4.10. The third kappa shape index (κ3) is 6.29. The first-order valence-corrected chi connectivity index (χ1v) is 14.1. The molecule has 1 unspecified atom stereocenters. The fraction of sp³-hybridized carbons (Fsp3) is 0.724. The van der Waals surface area contributed by atoms with Crippen molar-refractivity contribution in [2.45, 2.75) is 77.5 Å². The number of hydrogen-bond acceptors (Lipinski definition) is 5. The molecule has 1 spiro atoms. The number of likely N-dealkylation sites (tertiary alicyclic amines) is 1. The molecule has 4 rings (SSSR count). The van der Waals surface area contributed by atoms with Crippen LogP contribution in [0.15, 0.2) is 24.3 Å². The van der Waals surface area contributed by atoms with E-state index in [0.717, 1.165) is 65.2 Å². The number of rotatable bonds is 9. The van der Waals surface area contributed by atoms with Gasteiger partial charge >= 0.3 is 0 Å². The molecule has 7 nitrogen and oxygen atoms in total. The largest absolute Gasteiger partial charge is 0.342 e. The molecule has 3 heterocycles. The quantitative estimate of drug-likeness (QED) is 0.569. The second-order valence-electron chi connectivity index (χ2n) is 11.7. The molecule has 200 valence electrons. The molecule has 0 bridgehead atoms. The number of hydrogen-bond donors (Lipinski definition) is 1. The molecule has 0 aromatic heterocycles. The zero-order valence-corrected chi connectivity index (χ0v) is 23.0. The van der Waals surface area contributed by atoms with E-state index in [-0.39, 0.29) is 17.9 Å². The maximum absolute atomic E-state index is 13.4. The van der Waals surface area contributed by atoms with Crippen LogP contribution in [0.2, 0.25) is 0 Å². The van der Waals surface area contributed by atoms with Gasteiger partial charge in [0.2, 0.25) is 11.8 Å². The van der Waals surface area contributed by atoms with Gasteiger partial charge in [-0.1, -0.05) is 51.5 Å². The highest BCUT2D eigenvalue weighted by Gasteiger charge is 2.53. The van der Waals surface area contributed by atoms with Gasteiger partial charge in [0.05, 0.1) is 0 Å². The van der Waals surface area contributed by atoms with Gasteiger partial charge < -0.3 is 15.1 Å². The van der Waals surface area contributed by atoms with Gasteiger partial charge in [-0.3, -0.25) is 19.4 Å². The Kier molecular flexibility index (Phi) is 9.07. The van der Waals surface area contributed by atoms with E-state index in [2.05, 4.69) is 72.1 Å². The lowest BCUT2D eigenvalue weighted by atomic mass is 9.80. The van der Waals surface area contributed by atoms with Crippen molar-refractivity contribution in [3.8, 4) is 0 Å². The fourth-order valence-corrected chi connectivity index (χ4v) is 6.00. The van der Waals surface area contributed by atoms with Crippen molar-refractivity contribution in [1.82, 2.24) is 24.9 Å². The number of piperidine rings is 1. The smallest absolute Gasteiger partial charge is 0.246 e. The molecular weight excluding hydrogens is 450 g/mol. The predicted molar refractivity (Wildman–Crippen MR) is 144 cm³/mol. The van der Waals surface area contributed by atoms with Crippen LogP contribution in [0.5, 0.6) is 0 Å². The molecule has 3 aliphatic rings. The zero-order valence-electron chi connectivity index (χ0n) is 23.0. The molecule has 36 heavy (non-hydrogen) atoms. The number of benzene rings is 1. The van der Waals surface area contributed by atoms with E-state index in [4.69, 9.17) is 0 Å². The minimum atomic E-state index is -0.678. The van der Waals surface area contributed by atoms with Crippen molar-refractivity contribution in [3.63, 3.8) is 0 Å². The van der Waals surface area contributed by atoms with Gasteiger partial charge in [0, 0.05) is 58.9 Å². The minimum Gasteiger partial charge on any atom is -0.342 e. The first-order valence-electron chi connectivity index (χ1n) is 14.1. The number of unbranched alkanes of at least 4 members (excludes halogenated alkanes) is 1. The third-order valence-corrected chi connectivity index (χ3v) is 8.37. The van der Waals surface area contributed by atoms with Crippen molar-refractivity contribution in [1.29, 1.82) is 0 Å². The molecule has 1 aromatic rings. The molecule has 0 saturated carbocycles. The summed E-state index contributed by atoms with van der Waals surface area (Å²) in [5.74, 6) is 0.564. The van der Waals surface area contributed by atoms with Gasteiger partial charge in [-0.15, -0.1) is 0 Å². The highest BCUT2D eigenvalue weighted by molar-refractivity contribution is 6.00. The Hall–Kier alpha value is -1.96. The summed E-state index contributed by atoms with van der Waals surface area (Å²) in [4.78, 5) is 36.2. The highest BCUT2D eigenvalue weighted by Crippen LogP contribution is 2.34. The van der Waals surface area contributed by atoms with E-state index < -0.39 is 5.54 Å². The van der Waals surface area contributed by atoms with E-state index in [1.165, 1.54) is 11.1 Å². The molecule has 3 saturated heterocycles. The Morgan fingerprint density at radius 3 is 2.00 bits per heavy atom. The van der Waals surface area contributed by atoms with Gasteiger partial charge in [0.25, 0.3) is 0 Å². The lowest BCUT2D eigenvalue weighted by Crippen LogP contribution is -2.73. The Labute approximate surface area is 218 Å². The van der Waals surface area contributed by atoms with Crippen LogP contribution in [0.25, 0.3) is 0 Å². The van der Waals surface area contributed by atoms with Crippen LogP contribution in [-0.2, 0) is 22.7 Å². The second-order valence-corrected chi connectivity index (χ2v) is 11.7. The van der Waals surface area contributed by atoms with Gasteiger partial charge in [-0.05, 0) is 49.8 Å². The van der Waals surface area contributed by atoms with Crippen molar-refractivity contribution in [2.24, 2.45) is 5.92 Å². The van der Waals surface area contributed by atoms with Gasteiger partial charge in [0.15, 0.2) is 0 Å². The number of likely N-dealkylation sites (N-methyl/N-ethyl adjacent to an activating group) is 1. The lowest BCUT2D eigenvalue weighted by Gasteiger charge is -2.52. The van der Waals surface area contributed by atoms with Crippen molar-refractivity contribution >= 4 is 11.8 Å². The summed E-state index contributed by atoms with van der Waals surface area (Å²) in [5.41, 5.74) is 2.01. The van der Waals surface area contributed by atoms with Crippen LogP contribution in [-0.4, -0.2) is 95.9 Å². The van der Waals surface area contributed by atoms with E-state index in [0.29, 0.717) is 31.7 Å². The highest BCUT2D eigenvalue weighted by atomic mass is 16.2. The summed E-state index contributed by atoms with van der Waals surface area (Å²) < 4.78 is 0. The summed E-state index contributed by atoms with van der Waals surface area (Å²) >= 11 is 0. The van der Waals surface area contributed by atoms with Crippen LogP contribution in [0.4, 0.5) is 0 Å². The van der Waals surface area contributed by atoms with Crippen LogP contribution in [0, 0.1) is 5.92 Å². The predicted octanol–water partition coefficient (Wildman–Crippen LogP) is 2.94. The molecule has 7 heteroatoms. The second kappa shape index (κ2) is 12.1. The maximum atomic E-state index is 13.4. The van der Waals surface area contributed by atoms with Crippen molar-refractivity contribution in [2.75, 3.05) is 52.9 Å². The summed E-state index contributed by atoms with van der Waals surface area (Å²) in [6, 6.07) is 8.69. The Morgan fingerprint density at radius 2 is 1.47 bits per heavy atom. The zero-order chi connectivity index (χ0) is 25.7. The monoisotopic (exact) mass is 497 g/mol. The van der Waals surface area contributed by atoms with Gasteiger partial charge in [0.1, 0.15) is 11.6 Å². The molecule has 0 aliphatic carbocycles. The van der Waals surface area contributed by atoms with Crippen LogP contribution in [0.1, 0.15) is 64.0 Å². The average Bonchev–Trinajstić information content (AvgIpc) is 2.86. The number of carbonyl (C=O) groups is 2.